The summed E-state index contributed by atoms with van der Waals surface area (Å²) in [6, 6.07) is 10.0. The number of nitro groups is 1. The van der Waals surface area contributed by atoms with Gasteiger partial charge in [0.05, 0.1) is 4.92 Å². The number of non-ortho nitro benzene ring substituents is 1. The Labute approximate surface area is 142 Å². The normalized spacial score (nSPS) is 11.6. The predicted octanol–water partition coefficient (Wildman–Crippen LogP) is 4.34. The molecule has 0 heterocycles. The Morgan fingerprint density at radius 3 is 2.39 bits per heavy atom. The molecular weight excluding hydrogens is 341 g/mol. The Morgan fingerprint density at radius 1 is 1.13 bits per heavy atom. The Kier molecular flexibility index (Phi) is 5.41. The number of anilines is 2. The number of halogens is 2. The third-order valence-corrected chi connectivity index (χ3v) is 3.40. The molecule has 0 aromatic heterocycles. The van der Waals surface area contributed by atoms with E-state index < -0.39 is 11.0 Å². The second-order valence-electron chi connectivity index (χ2n) is 4.82. The maximum absolute atomic E-state index is 12.2. The molecule has 0 radical (unpaired) electrons. The lowest BCUT2D eigenvalue weighted by atomic mass is 10.2. The third kappa shape index (κ3) is 4.84. The number of carbonyl (C=O) groups is 1. The summed E-state index contributed by atoms with van der Waals surface area (Å²) < 4.78 is 0. The van der Waals surface area contributed by atoms with E-state index >= 15 is 0 Å². The molecule has 2 aromatic carbocycles. The number of amides is 1. The molecule has 0 aliphatic heterocycles. The monoisotopic (exact) mass is 353 g/mol. The zero-order chi connectivity index (χ0) is 17.0. The average Bonchev–Trinajstić information content (AvgIpc) is 2.46. The van der Waals surface area contributed by atoms with Crippen molar-refractivity contribution in [1.82, 2.24) is 0 Å². The Morgan fingerprint density at radius 2 is 1.78 bits per heavy atom. The number of nitrogens with zero attached hydrogens (tertiary/aromatic N) is 1. The number of hydrogen-bond donors (Lipinski definition) is 2. The number of hydrogen-bond acceptors (Lipinski definition) is 4. The number of rotatable bonds is 5. The van der Waals surface area contributed by atoms with Gasteiger partial charge in [0, 0.05) is 33.6 Å². The van der Waals surface area contributed by atoms with Crippen LogP contribution in [-0.4, -0.2) is 16.9 Å². The van der Waals surface area contributed by atoms with Crippen LogP contribution in [0.3, 0.4) is 0 Å². The Bertz CT molecular complexity index is 732. The van der Waals surface area contributed by atoms with Crippen LogP contribution < -0.4 is 10.6 Å². The van der Waals surface area contributed by atoms with Crippen molar-refractivity contribution in [2.45, 2.75) is 13.0 Å². The lowest BCUT2D eigenvalue weighted by Crippen LogP contribution is -2.31. The van der Waals surface area contributed by atoms with Crippen molar-refractivity contribution in [2.75, 3.05) is 10.6 Å². The Hall–Kier alpha value is -2.31. The molecule has 0 aliphatic rings. The summed E-state index contributed by atoms with van der Waals surface area (Å²) >= 11 is 11.7. The highest BCUT2D eigenvalue weighted by Gasteiger charge is 2.15. The molecular formula is C15H13Cl2N3O3. The molecule has 0 saturated heterocycles. The largest absolute Gasteiger partial charge is 0.374 e. The van der Waals surface area contributed by atoms with Crippen LogP contribution in [0, 0.1) is 10.1 Å². The number of nitrogens with one attached hydrogen (secondary N) is 2. The molecule has 0 unspecified atom stereocenters. The van der Waals surface area contributed by atoms with Gasteiger partial charge in [-0.15, -0.1) is 0 Å². The molecule has 0 aliphatic carbocycles. The first-order valence-electron chi connectivity index (χ1n) is 6.63. The van der Waals surface area contributed by atoms with Crippen LogP contribution in [0.2, 0.25) is 10.0 Å². The first-order valence-corrected chi connectivity index (χ1v) is 7.38. The minimum Gasteiger partial charge on any atom is -0.374 e. The zero-order valence-electron chi connectivity index (χ0n) is 12.0. The van der Waals surface area contributed by atoms with Crippen molar-refractivity contribution < 1.29 is 9.72 Å². The molecule has 23 heavy (non-hydrogen) atoms. The fraction of sp³-hybridized carbons (Fsp3) is 0.133. The molecule has 1 atom stereocenters. The van der Waals surface area contributed by atoms with Crippen molar-refractivity contribution in [2.24, 2.45) is 0 Å². The van der Waals surface area contributed by atoms with Crippen LogP contribution in [0.25, 0.3) is 0 Å². The summed E-state index contributed by atoms with van der Waals surface area (Å²) in [6.45, 7) is 1.64. The van der Waals surface area contributed by atoms with Gasteiger partial charge in [0.2, 0.25) is 5.91 Å². The first kappa shape index (κ1) is 17.1. The summed E-state index contributed by atoms with van der Waals surface area (Å²) in [6.07, 6.45) is 0. The Balaban J connectivity index is 2.05. The summed E-state index contributed by atoms with van der Waals surface area (Å²) in [4.78, 5) is 22.4. The quantitative estimate of drug-likeness (QED) is 0.618. The van der Waals surface area contributed by atoms with Crippen molar-refractivity contribution in [1.29, 1.82) is 0 Å². The van der Waals surface area contributed by atoms with E-state index in [1.54, 1.807) is 37.3 Å². The van der Waals surface area contributed by atoms with Crippen LogP contribution in [0.5, 0.6) is 0 Å². The molecule has 8 heteroatoms. The van der Waals surface area contributed by atoms with Gasteiger partial charge in [-0.2, -0.15) is 0 Å². The minimum atomic E-state index is -0.616. The fourth-order valence-corrected chi connectivity index (χ4v) is 2.43. The summed E-state index contributed by atoms with van der Waals surface area (Å²) in [7, 11) is 0. The first-order chi connectivity index (χ1) is 10.8. The van der Waals surface area contributed by atoms with Gasteiger partial charge in [0.15, 0.2) is 0 Å². The van der Waals surface area contributed by atoms with Gasteiger partial charge in [-0.05, 0) is 31.2 Å². The molecule has 0 fully saturated rings. The van der Waals surface area contributed by atoms with E-state index in [1.807, 2.05) is 0 Å². The van der Waals surface area contributed by atoms with E-state index in [4.69, 9.17) is 23.2 Å². The number of benzene rings is 2. The molecule has 6 nitrogen and oxygen atoms in total. The van der Waals surface area contributed by atoms with Gasteiger partial charge in [0.1, 0.15) is 6.04 Å². The SMILES string of the molecule is C[C@H](Nc1cccc([N+](=O)[O-])c1)C(=O)Nc1cc(Cl)cc(Cl)c1. The molecule has 0 spiro atoms. The highest BCUT2D eigenvalue weighted by molar-refractivity contribution is 6.35. The second kappa shape index (κ2) is 7.30. The van der Waals surface area contributed by atoms with E-state index in [0.29, 0.717) is 21.4 Å². The lowest BCUT2D eigenvalue weighted by molar-refractivity contribution is -0.384. The smallest absolute Gasteiger partial charge is 0.271 e. The van der Waals surface area contributed by atoms with Crippen LogP contribution >= 0.6 is 23.2 Å². The van der Waals surface area contributed by atoms with Gasteiger partial charge in [-0.25, -0.2) is 0 Å². The molecule has 0 saturated carbocycles. The van der Waals surface area contributed by atoms with E-state index in [-0.39, 0.29) is 11.6 Å². The standard InChI is InChI=1S/C15H13Cl2N3O3/c1-9(18-12-3-2-4-14(8-12)20(22)23)15(21)19-13-6-10(16)5-11(17)7-13/h2-9,18H,1H3,(H,19,21)/t9-/m0/s1. The molecule has 2 rings (SSSR count). The van der Waals surface area contributed by atoms with Gasteiger partial charge in [-0.3, -0.25) is 14.9 Å². The van der Waals surface area contributed by atoms with Crippen LogP contribution in [-0.2, 0) is 4.79 Å². The van der Waals surface area contributed by atoms with Crippen molar-refractivity contribution >= 4 is 46.2 Å². The van der Waals surface area contributed by atoms with Gasteiger partial charge in [0.25, 0.3) is 5.69 Å². The third-order valence-electron chi connectivity index (χ3n) is 2.96. The lowest BCUT2D eigenvalue weighted by Gasteiger charge is -2.15. The fourth-order valence-electron chi connectivity index (χ4n) is 1.90. The summed E-state index contributed by atoms with van der Waals surface area (Å²) in [5.41, 5.74) is 0.899. The topological polar surface area (TPSA) is 84.3 Å². The average molecular weight is 354 g/mol. The highest BCUT2D eigenvalue weighted by Crippen LogP contribution is 2.23. The molecule has 2 aromatic rings. The van der Waals surface area contributed by atoms with Gasteiger partial charge < -0.3 is 10.6 Å². The van der Waals surface area contributed by atoms with Crippen molar-refractivity contribution in [3.05, 3.63) is 62.6 Å². The minimum absolute atomic E-state index is 0.0516. The van der Waals surface area contributed by atoms with Crippen molar-refractivity contribution in [3.8, 4) is 0 Å². The van der Waals surface area contributed by atoms with Gasteiger partial charge >= 0.3 is 0 Å². The molecule has 0 bridgehead atoms. The number of carbonyl (C=O) groups excluding carboxylic acids is 1. The predicted molar refractivity (Wildman–Crippen MR) is 91.3 cm³/mol. The van der Waals surface area contributed by atoms with Crippen molar-refractivity contribution in [3.63, 3.8) is 0 Å². The summed E-state index contributed by atoms with van der Waals surface area (Å²) in [5.74, 6) is -0.324. The van der Waals surface area contributed by atoms with E-state index in [1.165, 1.54) is 12.1 Å². The van der Waals surface area contributed by atoms with Crippen LogP contribution in [0.4, 0.5) is 17.1 Å². The maximum atomic E-state index is 12.2. The van der Waals surface area contributed by atoms with E-state index in [0.717, 1.165) is 0 Å². The van der Waals surface area contributed by atoms with Gasteiger partial charge in [-0.1, -0.05) is 29.3 Å². The number of nitro benzene ring substituents is 1. The molecule has 1 amide bonds. The zero-order valence-corrected chi connectivity index (χ0v) is 13.6. The van der Waals surface area contributed by atoms with Crippen LogP contribution in [0.1, 0.15) is 6.92 Å². The maximum Gasteiger partial charge on any atom is 0.271 e. The summed E-state index contributed by atoms with van der Waals surface area (Å²) in [5, 5.41) is 17.2. The second-order valence-corrected chi connectivity index (χ2v) is 5.69. The van der Waals surface area contributed by atoms with Crippen LogP contribution in [0.15, 0.2) is 42.5 Å². The molecule has 2 N–H and O–H groups in total. The van der Waals surface area contributed by atoms with E-state index in [9.17, 15) is 14.9 Å². The van der Waals surface area contributed by atoms with E-state index in [2.05, 4.69) is 10.6 Å². The molecule has 120 valence electrons. The highest BCUT2D eigenvalue weighted by atomic mass is 35.5.